The van der Waals surface area contributed by atoms with Gasteiger partial charge in [-0.05, 0) is 29.6 Å². The van der Waals surface area contributed by atoms with Gasteiger partial charge in [0.1, 0.15) is 0 Å². The van der Waals surface area contributed by atoms with Gasteiger partial charge in [0.2, 0.25) is 5.91 Å². The summed E-state index contributed by atoms with van der Waals surface area (Å²) >= 11 is 0. The minimum atomic E-state index is 0.144. The van der Waals surface area contributed by atoms with E-state index < -0.39 is 0 Å². The fourth-order valence-corrected chi connectivity index (χ4v) is 2.65. The Balaban J connectivity index is 1.66. The van der Waals surface area contributed by atoms with Crippen molar-refractivity contribution in [1.82, 2.24) is 10.6 Å². The molecular weight excluding hydrogens is 200 g/mol. The van der Waals surface area contributed by atoms with Crippen LogP contribution < -0.4 is 10.6 Å². The molecule has 0 saturated heterocycles. The quantitative estimate of drug-likeness (QED) is 0.743. The predicted molar refractivity (Wildman–Crippen MR) is 65.1 cm³/mol. The number of nitrogens with one attached hydrogen (secondary N) is 2. The zero-order chi connectivity index (χ0) is 12.0. The van der Waals surface area contributed by atoms with Crippen LogP contribution in [0, 0.1) is 16.7 Å². The molecule has 0 spiro atoms. The van der Waals surface area contributed by atoms with Gasteiger partial charge < -0.3 is 10.6 Å². The standard InChI is InChI=1S/C13H24N2O/c1-12(2)10(13(12,3)4)7-15-11(16)8-14-9-5-6-9/h9-10,14H,5-8H2,1-4H3,(H,15,16). The molecule has 2 saturated carbocycles. The van der Waals surface area contributed by atoms with Gasteiger partial charge in [-0.25, -0.2) is 0 Å². The SMILES string of the molecule is CC1(C)C(CNC(=O)CNC2CC2)C1(C)C. The van der Waals surface area contributed by atoms with Crippen molar-refractivity contribution in [3.8, 4) is 0 Å². The van der Waals surface area contributed by atoms with E-state index in [1.54, 1.807) is 0 Å². The molecule has 1 amide bonds. The Hall–Kier alpha value is -0.570. The topological polar surface area (TPSA) is 41.1 Å². The number of hydrogen-bond acceptors (Lipinski definition) is 2. The van der Waals surface area contributed by atoms with Crippen LogP contribution in [-0.4, -0.2) is 25.0 Å². The molecule has 0 radical (unpaired) electrons. The second-order valence-electron chi connectivity index (χ2n) is 6.46. The lowest BCUT2D eigenvalue weighted by atomic mass is 10.0. The fraction of sp³-hybridized carbons (Fsp3) is 0.923. The predicted octanol–water partition coefficient (Wildman–Crippen LogP) is 1.54. The Morgan fingerprint density at radius 2 is 1.75 bits per heavy atom. The molecule has 0 bridgehead atoms. The minimum absolute atomic E-state index is 0.144. The average molecular weight is 224 g/mol. The van der Waals surface area contributed by atoms with Gasteiger partial charge in [0.25, 0.3) is 0 Å². The summed E-state index contributed by atoms with van der Waals surface area (Å²) in [4.78, 5) is 11.6. The van der Waals surface area contributed by atoms with E-state index in [1.165, 1.54) is 12.8 Å². The molecule has 2 N–H and O–H groups in total. The van der Waals surface area contributed by atoms with Crippen molar-refractivity contribution in [3.63, 3.8) is 0 Å². The van der Waals surface area contributed by atoms with Crippen LogP contribution in [0.3, 0.4) is 0 Å². The molecule has 16 heavy (non-hydrogen) atoms. The van der Waals surface area contributed by atoms with Crippen LogP contribution in [0.1, 0.15) is 40.5 Å². The summed E-state index contributed by atoms with van der Waals surface area (Å²) in [6, 6.07) is 0.611. The van der Waals surface area contributed by atoms with Gasteiger partial charge in [0.15, 0.2) is 0 Å². The Morgan fingerprint density at radius 1 is 1.19 bits per heavy atom. The van der Waals surface area contributed by atoms with Gasteiger partial charge >= 0.3 is 0 Å². The first kappa shape index (κ1) is 11.9. The van der Waals surface area contributed by atoms with Gasteiger partial charge in [0.05, 0.1) is 6.54 Å². The highest BCUT2D eigenvalue weighted by atomic mass is 16.1. The normalized spacial score (nSPS) is 26.5. The fourth-order valence-electron chi connectivity index (χ4n) is 2.65. The summed E-state index contributed by atoms with van der Waals surface area (Å²) in [6.07, 6.45) is 2.46. The van der Waals surface area contributed by atoms with Gasteiger partial charge in [0, 0.05) is 12.6 Å². The van der Waals surface area contributed by atoms with Gasteiger partial charge in [-0.15, -0.1) is 0 Å². The molecule has 0 atom stereocenters. The van der Waals surface area contributed by atoms with Crippen LogP contribution in [0.2, 0.25) is 0 Å². The van der Waals surface area contributed by atoms with Crippen molar-refractivity contribution in [2.75, 3.05) is 13.1 Å². The Bertz CT molecular complexity index is 278. The lowest BCUT2D eigenvalue weighted by molar-refractivity contribution is -0.120. The van der Waals surface area contributed by atoms with E-state index >= 15 is 0 Å². The van der Waals surface area contributed by atoms with Crippen molar-refractivity contribution in [1.29, 1.82) is 0 Å². The van der Waals surface area contributed by atoms with E-state index in [1.807, 2.05) is 0 Å². The van der Waals surface area contributed by atoms with Gasteiger partial charge in [-0.1, -0.05) is 27.7 Å². The van der Waals surface area contributed by atoms with E-state index in [9.17, 15) is 4.79 Å². The molecule has 0 heterocycles. The first-order chi connectivity index (χ1) is 7.35. The van der Waals surface area contributed by atoms with Crippen LogP contribution in [0.4, 0.5) is 0 Å². The maximum absolute atomic E-state index is 11.6. The molecule has 0 aliphatic heterocycles. The van der Waals surface area contributed by atoms with Crippen molar-refractivity contribution in [2.24, 2.45) is 16.7 Å². The van der Waals surface area contributed by atoms with E-state index in [2.05, 4.69) is 38.3 Å². The summed E-state index contributed by atoms with van der Waals surface area (Å²) in [5, 5.41) is 6.27. The lowest BCUT2D eigenvalue weighted by Crippen LogP contribution is -2.36. The van der Waals surface area contributed by atoms with Crippen molar-refractivity contribution < 1.29 is 4.79 Å². The third-order valence-corrected chi connectivity index (χ3v) is 4.95. The molecule has 0 aromatic rings. The third-order valence-electron chi connectivity index (χ3n) is 4.95. The number of carbonyl (C=O) groups excluding carboxylic acids is 1. The molecule has 0 unspecified atom stereocenters. The van der Waals surface area contributed by atoms with Crippen molar-refractivity contribution in [3.05, 3.63) is 0 Å². The molecule has 2 aliphatic rings. The highest BCUT2D eigenvalue weighted by molar-refractivity contribution is 5.78. The molecule has 2 rings (SSSR count). The summed E-state index contributed by atoms with van der Waals surface area (Å²) < 4.78 is 0. The maximum Gasteiger partial charge on any atom is 0.233 e. The smallest absolute Gasteiger partial charge is 0.233 e. The van der Waals surface area contributed by atoms with E-state index in [0.29, 0.717) is 29.3 Å². The van der Waals surface area contributed by atoms with Crippen LogP contribution in [0.5, 0.6) is 0 Å². The Kier molecular flexibility index (Phi) is 2.77. The molecule has 0 aromatic heterocycles. The number of hydrogen-bond donors (Lipinski definition) is 2. The van der Waals surface area contributed by atoms with Crippen molar-refractivity contribution in [2.45, 2.75) is 46.6 Å². The summed E-state index contributed by atoms with van der Waals surface area (Å²) in [6.45, 7) is 10.4. The van der Waals surface area contributed by atoms with Gasteiger partial charge in [-0.3, -0.25) is 4.79 Å². The van der Waals surface area contributed by atoms with Crippen molar-refractivity contribution >= 4 is 5.91 Å². The van der Waals surface area contributed by atoms with Gasteiger partial charge in [-0.2, -0.15) is 0 Å². The zero-order valence-corrected chi connectivity index (χ0v) is 10.9. The Morgan fingerprint density at radius 3 is 2.19 bits per heavy atom. The minimum Gasteiger partial charge on any atom is -0.355 e. The van der Waals surface area contributed by atoms with E-state index in [0.717, 1.165) is 6.54 Å². The number of amides is 1. The second-order valence-corrected chi connectivity index (χ2v) is 6.46. The summed E-state index contributed by atoms with van der Waals surface area (Å²) in [7, 11) is 0. The van der Waals surface area contributed by atoms with Crippen LogP contribution in [-0.2, 0) is 4.79 Å². The second kappa shape index (κ2) is 3.73. The summed E-state index contributed by atoms with van der Waals surface area (Å²) in [5.41, 5.74) is 0.731. The molecular formula is C13H24N2O. The monoisotopic (exact) mass is 224 g/mol. The largest absolute Gasteiger partial charge is 0.355 e. The highest BCUT2D eigenvalue weighted by Crippen LogP contribution is 2.67. The van der Waals surface area contributed by atoms with Crippen LogP contribution in [0.15, 0.2) is 0 Å². The highest BCUT2D eigenvalue weighted by Gasteiger charge is 2.64. The first-order valence-electron chi connectivity index (χ1n) is 6.36. The summed E-state index contributed by atoms with van der Waals surface area (Å²) in [5.74, 6) is 0.760. The number of carbonyl (C=O) groups is 1. The zero-order valence-electron chi connectivity index (χ0n) is 10.9. The average Bonchev–Trinajstić information content (AvgIpc) is 3.03. The molecule has 92 valence electrons. The molecule has 0 aromatic carbocycles. The van der Waals surface area contributed by atoms with Crippen LogP contribution >= 0.6 is 0 Å². The Labute approximate surface area is 98.4 Å². The molecule has 3 heteroatoms. The third kappa shape index (κ3) is 2.10. The molecule has 3 nitrogen and oxygen atoms in total. The van der Waals surface area contributed by atoms with E-state index in [4.69, 9.17) is 0 Å². The van der Waals surface area contributed by atoms with E-state index in [-0.39, 0.29) is 5.91 Å². The maximum atomic E-state index is 11.6. The lowest BCUT2D eigenvalue weighted by Gasteiger charge is -2.06. The van der Waals surface area contributed by atoms with Crippen LogP contribution in [0.25, 0.3) is 0 Å². The molecule has 2 aliphatic carbocycles. The number of rotatable bonds is 5. The first-order valence-corrected chi connectivity index (χ1v) is 6.36. The molecule has 2 fully saturated rings.